The summed E-state index contributed by atoms with van der Waals surface area (Å²) in [7, 11) is 1.97. The third-order valence-electron chi connectivity index (χ3n) is 4.10. The van der Waals surface area contributed by atoms with Gasteiger partial charge in [-0.05, 0) is 26.7 Å². The van der Waals surface area contributed by atoms with Gasteiger partial charge < -0.3 is 15.5 Å². The van der Waals surface area contributed by atoms with Crippen molar-refractivity contribution in [1.82, 2.24) is 20.5 Å². The smallest absolute Gasteiger partial charge is 0.242 e. The van der Waals surface area contributed by atoms with Gasteiger partial charge in [-0.3, -0.25) is 4.79 Å². The summed E-state index contributed by atoms with van der Waals surface area (Å²) in [5.74, 6) is 0.747. The van der Waals surface area contributed by atoms with Crippen LogP contribution in [-0.2, 0) is 11.3 Å². The van der Waals surface area contributed by atoms with Crippen LogP contribution in [0.25, 0.3) is 0 Å². The van der Waals surface area contributed by atoms with Crippen LogP contribution in [0.15, 0.2) is 10.4 Å². The van der Waals surface area contributed by atoms with Crippen LogP contribution in [0.4, 0.5) is 0 Å². The molecule has 0 aliphatic heterocycles. The Kier molecular flexibility index (Phi) is 7.49. The summed E-state index contributed by atoms with van der Waals surface area (Å²) in [6.07, 6.45) is 5.91. The van der Waals surface area contributed by atoms with Crippen LogP contribution in [0.2, 0.25) is 0 Å². The number of guanidine groups is 1. The van der Waals surface area contributed by atoms with E-state index >= 15 is 0 Å². The highest BCUT2D eigenvalue weighted by molar-refractivity contribution is 7.09. The Labute approximate surface area is 148 Å². The van der Waals surface area contributed by atoms with E-state index in [1.54, 1.807) is 11.3 Å². The number of carbonyl (C=O) groups excluding carboxylic acids is 1. The summed E-state index contributed by atoms with van der Waals surface area (Å²) in [4.78, 5) is 23.1. The monoisotopic (exact) mass is 351 g/mol. The lowest BCUT2D eigenvalue weighted by molar-refractivity contribution is -0.120. The fourth-order valence-corrected chi connectivity index (χ4v) is 3.54. The molecule has 0 bridgehead atoms. The molecular formula is C17H29N5OS. The topological polar surface area (TPSA) is 69.6 Å². The molecular weight excluding hydrogens is 322 g/mol. The van der Waals surface area contributed by atoms with E-state index in [0.717, 1.165) is 36.0 Å². The van der Waals surface area contributed by atoms with Gasteiger partial charge >= 0.3 is 0 Å². The highest BCUT2D eigenvalue weighted by atomic mass is 32.1. The second-order valence-corrected chi connectivity index (χ2v) is 7.35. The van der Waals surface area contributed by atoms with E-state index < -0.39 is 0 Å². The predicted molar refractivity (Wildman–Crippen MR) is 99.3 cm³/mol. The quantitative estimate of drug-likeness (QED) is 0.609. The van der Waals surface area contributed by atoms with Crippen molar-refractivity contribution in [2.75, 3.05) is 20.1 Å². The molecule has 1 aromatic rings. The molecule has 0 spiro atoms. The highest BCUT2D eigenvalue weighted by Gasteiger charge is 2.16. The van der Waals surface area contributed by atoms with E-state index in [2.05, 4.69) is 26.0 Å². The van der Waals surface area contributed by atoms with E-state index in [-0.39, 0.29) is 12.5 Å². The fraction of sp³-hybridized carbons (Fsp3) is 0.706. The number of aliphatic imine (C=N–C) groups is 1. The lowest BCUT2D eigenvalue weighted by Crippen LogP contribution is -2.41. The Hall–Kier alpha value is -1.63. The Morgan fingerprint density at radius 3 is 2.79 bits per heavy atom. The van der Waals surface area contributed by atoms with E-state index in [1.165, 1.54) is 19.3 Å². The van der Waals surface area contributed by atoms with Gasteiger partial charge in [-0.25, -0.2) is 9.98 Å². The van der Waals surface area contributed by atoms with E-state index in [0.29, 0.717) is 12.6 Å². The summed E-state index contributed by atoms with van der Waals surface area (Å²) in [6.45, 7) is 5.64. The van der Waals surface area contributed by atoms with Gasteiger partial charge in [0, 0.05) is 25.0 Å². The number of nitrogens with one attached hydrogen (secondary N) is 2. The molecule has 2 rings (SSSR count). The number of rotatable bonds is 6. The summed E-state index contributed by atoms with van der Waals surface area (Å²) < 4.78 is 0. The molecule has 1 heterocycles. The second-order valence-electron chi connectivity index (χ2n) is 6.29. The molecule has 2 N–H and O–H groups in total. The molecule has 0 saturated heterocycles. The number of amides is 1. The zero-order valence-corrected chi connectivity index (χ0v) is 15.8. The van der Waals surface area contributed by atoms with Crippen LogP contribution in [-0.4, -0.2) is 47.9 Å². The Morgan fingerprint density at radius 2 is 2.17 bits per heavy atom. The van der Waals surface area contributed by atoms with Gasteiger partial charge in [-0.15, -0.1) is 11.3 Å². The first-order valence-corrected chi connectivity index (χ1v) is 9.66. The van der Waals surface area contributed by atoms with Crippen LogP contribution in [0.3, 0.4) is 0 Å². The lowest BCUT2D eigenvalue weighted by Gasteiger charge is -2.23. The van der Waals surface area contributed by atoms with E-state index in [9.17, 15) is 4.79 Å². The van der Waals surface area contributed by atoms with Gasteiger partial charge in [0.2, 0.25) is 5.91 Å². The zero-order valence-electron chi connectivity index (χ0n) is 15.0. The average Bonchev–Trinajstić information content (AvgIpc) is 2.97. The fourth-order valence-electron chi connectivity index (χ4n) is 2.94. The number of hydrogen-bond donors (Lipinski definition) is 2. The summed E-state index contributed by atoms with van der Waals surface area (Å²) in [6, 6.07) is 0.333. The van der Waals surface area contributed by atoms with Crippen molar-refractivity contribution < 1.29 is 4.79 Å². The van der Waals surface area contributed by atoms with Gasteiger partial charge in [-0.1, -0.05) is 19.3 Å². The van der Waals surface area contributed by atoms with Crippen molar-refractivity contribution in [2.24, 2.45) is 4.99 Å². The number of thiazole rings is 1. The first-order chi connectivity index (χ1) is 11.6. The third-order valence-corrected chi connectivity index (χ3v) is 4.93. The van der Waals surface area contributed by atoms with Crippen LogP contribution in [0, 0.1) is 6.92 Å². The molecule has 6 nitrogen and oxygen atoms in total. The Bertz CT molecular complexity index is 551. The molecule has 1 aromatic heterocycles. The first-order valence-electron chi connectivity index (χ1n) is 8.78. The Morgan fingerprint density at radius 1 is 1.42 bits per heavy atom. The molecule has 134 valence electrons. The molecule has 7 heteroatoms. The minimum absolute atomic E-state index is 0.00945. The SMILES string of the molecule is CCNC(=NCC(=O)NC1CCCCC1)N(C)Cc1csc(C)n1. The summed E-state index contributed by atoms with van der Waals surface area (Å²) in [5.41, 5.74) is 1.03. The number of nitrogens with zero attached hydrogens (tertiary/aromatic N) is 3. The number of hydrogen-bond acceptors (Lipinski definition) is 4. The van der Waals surface area contributed by atoms with Crippen LogP contribution >= 0.6 is 11.3 Å². The average molecular weight is 352 g/mol. The van der Waals surface area contributed by atoms with Crippen molar-refractivity contribution in [2.45, 2.75) is 58.5 Å². The largest absolute Gasteiger partial charge is 0.357 e. The van der Waals surface area contributed by atoms with Crippen molar-refractivity contribution in [3.8, 4) is 0 Å². The van der Waals surface area contributed by atoms with Crippen molar-refractivity contribution >= 4 is 23.2 Å². The number of aromatic nitrogens is 1. The highest BCUT2D eigenvalue weighted by Crippen LogP contribution is 2.17. The first kappa shape index (κ1) is 18.7. The standard InChI is InChI=1S/C17H29N5OS/c1-4-18-17(22(3)11-15-12-24-13(2)20-15)19-10-16(23)21-14-8-6-5-7-9-14/h12,14H,4-11H2,1-3H3,(H,18,19)(H,21,23). The molecule has 0 aromatic carbocycles. The second kappa shape index (κ2) is 9.61. The minimum Gasteiger partial charge on any atom is -0.357 e. The van der Waals surface area contributed by atoms with Gasteiger partial charge in [0.25, 0.3) is 0 Å². The molecule has 1 aliphatic rings. The summed E-state index contributed by atoms with van der Waals surface area (Å²) in [5, 5.41) is 9.47. The maximum atomic E-state index is 12.1. The van der Waals surface area contributed by atoms with Crippen molar-refractivity contribution in [3.05, 3.63) is 16.1 Å². The predicted octanol–water partition coefficient (Wildman–Crippen LogP) is 2.30. The van der Waals surface area contributed by atoms with Gasteiger partial charge in [0.15, 0.2) is 5.96 Å². The maximum absolute atomic E-state index is 12.1. The Balaban J connectivity index is 1.87. The van der Waals surface area contributed by atoms with E-state index in [4.69, 9.17) is 0 Å². The molecule has 1 amide bonds. The van der Waals surface area contributed by atoms with Crippen LogP contribution < -0.4 is 10.6 Å². The molecule has 0 unspecified atom stereocenters. The van der Waals surface area contributed by atoms with Crippen LogP contribution in [0.1, 0.15) is 49.7 Å². The molecule has 1 aliphatic carbocycles. The number of carbonyl (C=O) groups is 1. The minimum atomic E-state index is 0.00945. The van der Waals surface area contributed by atoms with Crippen molar-refractivity contribution in [3.63, 3.8) is 0 Å². The molecule has 0 radical (unpaired) electrons. The van der Waals surface area contributed by atoms with Gasteiger partial charge in [0.05, 0.1) is 17.2 Å². The van der Waals surface area contributed by atoms with Gasteiger partial charge in [0.1, 0.15) is 6.54 Å². The molecule has 1 fully saturated rings. The maximum Gasteiger partial charge on any atom is 0.242 e. The normalized spacial score (nSPS) is 16.0. The molecule has 1 saturated carbocycles. The number of aryl methyl sites for hydroxylation is 1. The van der Waals surface area contributed by atoms with Crippen LogP contribution in [0.5, 0.6) is 0 Å². The molecule has 24 heavy (non-hydrogen) atoms. The molecule has 0 atom stereocenters. The van der Waals surface area contributed by atoms with Gasteiger partial charge in [-0.2, -0.15) is 0 Å². The zero-order chi connectivity index (χ0) is 17.4. The van der Waals surface area contributed by atoms with E-state index in [1.807, 2.05) is 25.8 Å². The summed E-state index contributed by atoms with van der Waals surface area (Å²) >= 11 is 1.65. The van der Waals surface area contributed by atoms with Crippen molar-refractivity contribution in [1.29, 1.82) is 0 Å². The lowest BCUT2D eigenvalue weighted by atomic mass is 9.95. The third kappa shape index (κ3) is 6.11.